The van der Waals surface area contributed by atoms with E-state index in [0.717, 1.165) is 16.3 Å². The zero-order chi connectivity index (χ0) is 13.7. The Morgan fingerprint density at radius 3 is 3.05 bits per heavy atom. The number of amides is 1. The lowest BCUT2D eigenvalue weighted by Gasteiger charge is -2.11. The van der Waals surface area contributed by atoms with Crippen LogP contribution in [0.5, 0.6) is 0 Å². The lowest BCUT2D eigenvalue weighted by atomic mass is 10.1. The summed E-state index contributed by atoms with van der Waals surface area (Å²) in [6, 6.07) is 7.72. The predicted molar refractivity (Wildman–Crippen MR) is 79.0 cm³/mol. The number of hydrogen-bond donors (Lipinski definition) is 2. The van der Waals surface area contributed by atoms with Crippen molar-refractivity contribution in [2.24, 2.45) is 11.7 Å². The molecule has 0 aliphatic heterocycles. The van der Waals surface area contributed by atoms with Gasteiger partial charge in [-0.2, -0.15) is 0 Å². The van der Waals surface area contributed by atoms with E-state index < -0.39 is 0 Å². The van der Waals surface area contributed by atoms with Crippen LogP contribution >= 0.6 is 11.3 Å². The van der Waals surface area contributed by atoms with Crippen molar-refractivity contribution in [3.63, 3.8) is 0 Å². The molecular formula is C14H17N3OS. The van der Waals surface area contributed by atoms with Gasteiger partial charge in [-0.05, 0) is 25.1 Å². The first kappa shape index (κ1) is 13.7. The van der Waals surface area contributed by atoms with E-state index in [0.29, 0.717) is 13.0 Å². The monoisotopic (exact) mass is 275 g/mol. The topological polar surface area (TPSA) is 68.0 Å². The van der Waals surface area contributed by atoms with E-state index in [1.54, 1.807) is 17.5 Å². The number of nitrogens with two attached hydrogens (primary N) is 1. The summed E-state index contributed by atoms with van der Waals surface area (Å²) in [7, 11) is 0. The van der Waals surface area contributed by atoms with Gasteiger partial charge >= 0.3 is 0 Å². The summed E-state index contributed by atoms with van der Waals surface area (Å²) in [5.41, 5.74) is 7.27. The van der Waals surface area contributed by atoms with Gasteiger partial charge in [-0.3, -0.25) is 4.79 Å². The lowest BCUT2D eigenvalue weighted by molar-refractivity contribution is -0.119. The largest absolute Gasteiger partial charge is 0.330 e. The summed E-state index contributed by atoms with van der Waals surface area (Å²) < 4.78 is 0. The van der Waals surface area contributed by atoms with Gasteiger partial charge in [0.05, 0.1) is 0 Å². The Labute approximate surface area is 116 Å². The number of nitrogens with zero attached hydrogens (tertiary/aromatic N) is 1. The SMILES string of the molecule is CC(CCN)C(=O)Nc1cccc(-c2nccs2)c1. The molecule has 0 fully saturated rings. The van der Waals surface area contributed by atoms with Crippen molar-refractivity contribution in [2.75, 3.05) is 11.9 Å². The van der Waals surface area contributed by atoms with Crippen LogP contribution in [0.4, 0.5) is 5.69 Å². The molecule has 1 unspecified atom stereocenters. The molecule has 0 bridgehead atoms. The number of anilines is 1. The van der Waals surface area contributed by atoms with Crippen LogP contribution in [0, 0.1) is 5.92 Å². The molecule has 4 nitrogen and oxygen atoms in total. The molecule has 2 rings (SSSR count). The molecule has 0 spiro atoms. The maximum Gasteiger partial charge on any atom is 0.227 e. The first-order chi connectivity index (χ1) is 9.20. The summed E-state index contributed by atoms with van der Waals surface area (Å²) in [6.45, 7) is 2.40. The van der Waals surface area contributed by atoms with Gasteiger partial charge in [0.2, 0.25) is 5.91 Å². The van der Waals surface area contributed by atoms with E-state index in [1.807, 2.05) is 36.6 Å². The molecule has 1 heterocycles. The Morgan fingerprint density at radius 2 is 2.37 bits per heavy atom. The number of carbonyl (C=O) groups excluding carboxylic acids is 1. The number of carbonyl (C=O) groups is 1. The van der Waals surface area contributed by atoms with Crippen molar-refractivity contribution in [1.29, 1.82) is 0 Å². The van der Waals surface area contributed by atoms with Gasteiger partial charge in [0.15, 0.2) is 0 Å². The second-order valence-electron chi connectivity index (χ2n) is 4.39. The quantitative estimate of drug-likeness (QED) is 0.881. The average molecular weight is 275 g/mol. The highest BCUT2D eigenvalue weighted by atomic mass is 32.1. The van der Waals surface area contributed by atoms with Gasteiger partial charge in [-0.25, -0.2) is 4.98 Å². The first-order valence-corrected chi connectivity index (χ1v) is 7.09. The second-order valence-corrected chi connectivity index (χ2v) is 5.28. The summed E-state index contributed by atoms with van der Waals surface area (Å²) in [5.74, 6) is -0.0738. The number of benzene rings is 1. The molecule has 19 heavy (non-hydrogen) atoms. The number of aromatic nitrogens is 1. The molecule has 1 amide bonds. The maximum atomic E-state index is 11.9. The second kappa shape index (κ2) is 6.45. The Balaban J connectivity index is 2.09. The van der Waals surface area contributed by atoms with E-state index >= 15 is 0 Å². The van der Waals surface area contributed by atoms with Crippen molar-refractivity contribution >= 4 is 22.9 Å². The van der Waals surface area contributed by atoms with Crippen LogP contribution in [0.15, 0.2) is 35.8 Å². The zero-order valence-corrected chi connectivity index (χ0v) is 11.6. The number of hydrogen-bond acceptors (Lipinski definition) is 4. The van der Waals surface area contributed by atoms with E-state index in [-0.39, 0.29) is 11.8 Å². The minimum Gasteiger partial charge on any atom is -0.330 e. The van der Waals surface area contributed by atoms with Gasteiger partial charge < -0.3 is 11.1 Å². The summed E-state index contributed by atoms with van der Waals surface area (Å²) in [5, 5.41) is 5.80. The van der Waals surface area contributed by atoms with Crippen molar-refractivity contribution < 1.29 is 4.79 Å². The molecule has 0 aliphatic rings. The van der Waals surface area contributed by atoms with Crippen LogP contribution in [0.25, 0.3) is 10.6 Å². The van der Waals surface area contributed by atoms with Crippen molar-refractivity contribution in [1.82, 2.24) is 4.98 Å². The molecular weight excluding hydrogens is 258 g/mol. The van der Waals surface area contributed by atoms with E-state index in [1.165, 1.54) is 0 Å². The smallest absolute Gasteiger partial charge is 0.227 e. The summed E-state index contributed by atoms with van der Waals surface area (Å²) >= 11 is 1.58. The molecule has 1 aromatic carbocycles. The van der Waals surface area contributed by atoms with Crippen LogP contribution < -0.4 is 11.1 Å². The van der Waals surface area contributed by atoms with Gasteiger partial charge in [0.25, 0.3) is 0 Å². The normalized spacial score (nSPS) is 12.1. The number of nitrogens with one attached hydrogen (secondary N) is 1. The highest BCUT2D eigenvalue weighted by Crippen LogP contribution is 2.24. The Kier molecular flexibility index (Phi) is 4.65. The Bertz CT molecular complexity index is 539. The Morgan fingerprint density at radius 1 is 1.53 bits per heavy atom. The Hall–Kier alpha value is -1.72. The average Bonchev–Trinajstić information content (AvgIpc) is 2.93. The molecule has 2 aromatic rings. The van der Waals surface area contributed by atoms with E-state index in [4.69, 9.17) is 5.73 Å². The molecule has 3 N–H and O–H groups in total. The van der Waals surface area contributed by atoms with Crippen LogP contribution in [-0.4, -0.2) is 17.4 Å². The summed E-state index contributed by atoms with van der Waals surface area (Å²) in [4.78, 5) is 16.2. The highest BCUT2D eigenvalue weighted by molar-refractivity contribution is 7.13. The highest BCUT2D eigenvalue weighted by Gasteiger charge is 2.12. The van der Waals surface area contributed by atoms with Crippen LogP contribution in [0.2, 0.25) is 0 Å². The molecule has 100 valence electrons. The van der Waals surface area contributed by atoms with Gasteiger partial charge in [-0.1, -0.05) is 19.1 Å². The fraction of sp³-hybridized carbons (Fsp3) is 0.286. The minimum absolute atomic E-state index is 0.00161. The molecule has 5 heteroatoms. The number of rotatable bonds is 5. The summed E-state index contributed by atoms with van der Waals surface area (Å²) in [6.07, 6.45) is 2.46. The molecule has 0 radical (unpaired) electrons. The van der Waals surface area contributed by atoms with E-state index in [2.05, 4.69) is 10.3 Å². The fourth-order valence-corrected chi connectivity index (χ4v) is 2.38. The number of thiazole rings is 1. The third-order valence-corrected chi connectivity index (χ3v) is 3.68. The standard InChI is InChI=1S/C14H17N3OS/c1-10(5-6-15)13(18)17-12-4-2-3-11(9-12)14-16-7-8-19-14/h2-4,7-10H,5-6,15H2,1H3,(H,17,18). The maximum absolute atomic E-state index is 11.9. The van der Waals surface area contributed by atoms with Crippen LogP contribution in [-0.2, 0) is 4.79 Å². The molecule has 1 atom stereocenters. The van der Waals surface area contributed by atoms with Crippen molar-refractivity contribution in [3.8, 4) is 10.6 Å². The molecule has 1 aromatic heterocycles. The van der Waals surface area contributed by atoms with Gasteiger partial charge in [0.1, 0.15) is 5.01 Å². The molecule has 0 saturated heterocycles. The van der Waals surface area contributed by atoms with Crippen molar-refractivity contribution in [2.45, 2.75) is 13.3 Å². The van der Waals surface area contributed by atoms with Crippen LogP contribution in [0.3, 0.4) is 0 Å². The van der Waals surface area contributed by atoms with E-state index in [9.17, 15) is 4.79 Å². The minimum atomic E-state index is -0.0754. The fourth-order valence-electron chi connectivity index (χ4n) is 1.74. The van der Waals surface area contributed by atoms with Crippen LogP contribution in [0.1, 0.15) is 13.3 Å². The molecule has 0 aliphatic carbocycles. The van der Waals surface area contributed by atoms with Crippen molar-refractivity contribution in [3.05, 3.63) is 35.8 Å². The third kappa shape index (κ3) is 3.62. The van der Waals surface area contributed by atoms with Gasteiger partial charge in [-0.15, -0.1) is 11.3 Å². The molecule has 0 saturated carbocycles. The van der Waals surface area contributed by atoms with Gasteiger partial charge in [0, 0.05) is 28.7 Å². The zero-order valence-electron chi connectivity index (χ0n) is 10.8. The third-order valence-electron chi connectivity index (χ3n) is 2.86. The first-order valence-electron chi connectivity index (χ1n) is 6.21. The predicted octanol–water partition coefficient (Wildman–Crippen LogP) is 2.73. The lowest BCUT2D eigenvalue weighted by Crippen LogP contribution is -2.22.